The molecule has 0 saturated carbocycles. The number of carbonyl (C=O) groups excluding carboxylic acids is 2. The van der Waals surface area contributed by atoms with Gasteiger partial charge in [-0.1, -0.05) is 164 Å². The molecule has 0 rings (SSSR count). The average molecular weight is 816 g/mol. The zero-order valence-electron chi connectivity index (χ0n) is 43.5. The van der Waals surface area contributed by atoms with E-state index in [0.717, 1.165) is 55.7 Å². The fourth-order valence-corrected chi connectivity index (χ4v) is 5.84. The number of allylic oxidation sites excluding steroid dienone is 10. The lowest BCUT2D eigenvalue weighted by Crippen LogP contribution is -2.37. The Kier molecular flexibility index (Phi) is 27.6. The maximum Gasteiger partial charge on any atom is 0.306 e. The van der Waals surface area contributed by atoms with Gasteiger partial charge in [0.25, 0.3) is 7.82 Å². The van der Waals surface area contributed by atoms with E-state index in [0.29, 0.717) is 23.9 Å². The van der Waals surface area contributed by atoms with E-state index in [1.54, 1.807) is 6.08 Å². The van der Waals surface area contributed by atoms with Crippen molar-refractivity contribution in [3.8, 4) is 0 Å². The molecule has 56 heavy (non-hydrogen) atoms. The lowest BCUT2D eigenvalue weighted by atomic mass is 10.0. The summed E-state index contributed by atoms with van der Waals surface area (Å²) in [5.41, 5.74) is 0. The molecule has 0 aromatic rings. The highest BCUT2D eigenvalue weighted by Crippen LogP contribution is 2.38. The van der Waals surface area contributed by atoms with Crippen LogP contribution in [0.5, 0.6) is 0 Å². The Balaban J connectivity index is 5.00. The molecule has 0 aromatic heterocycles. The van der Waals surface area contributed by atoms with Crippen LogP contribution in [0.15, 0.2) is 60.8 Å². The Labute approximate surface area is 354 Å². The number of quaternary nitrogens is 1. The van der Waals surface area contributed by atoms with Crippen molar-refractivity contribution in [2.75, 3.05) is 47.5 Å². The molecular formula is C46H82NO8P. The number of hydrogen-bond acceptors (Lipinski definition) is 8. The Morgan fingerprint density at radius 2 is 1.05 bits per heavy atom. The second-order valence-corrected chi connectivity index (χ2v) is 16.3. The molecule has 0 aromatic carbocycles. The lowest BCUT2D eigenvalue weighted by Gasteiger charge is -2.28. The van der Waals surface area contributed by atoms with Crippen LogP contribution in [0.1, 0.15) is 179 Å². The van der Waals surface area contributed by atoms with Gasteiger partial charge in [0, 0.05) is 23.8 Å². The number of phosphoric ester groups is 1. The van der Waals surface area contributed by atoms with E-state index in [4.69, 9.17) is 29.5 Å². The van der Waals surface area contributed by atoms with Crippen LogP contribution in [0, 0.1) is 0 Å². The van der Waals surface area contributed by atoms with E-state index in [9.17, 15) is 19.0 Å². The molecule has 0 fully saturated rings. The lowest BCUT2D eigenvalue weighted by molar-refractivity contribution is -0.870. The maximum atomic E-state index is 12.8. The van der Waals surface area contributed by atoms with E-state index in [1.165, 1.54) is 88.9 Å². The van der Waals surface area contributed by atoms with Crippen LogP contribution in [0.3, 0.4) is 0 Å². The predicted octanol–water partition coefficient (Wildman–Crippen LogP) is 11.8. The Hall–Kier alpha value is -2.29. The van der Waals surface area contributed by atoms with Crippen molar-refractivity contribution in [3.63, 3.8) is 0 Å². The number of phosphoric acid groups is 1. The summed E-state index contributed by atoms with van der Waals surface area (Å²) in [5, 5.41) is 0. The van der Waals surface area contributed by atoms with Gasteiger partial charge < -0.3 is 27.9 Å². The number of ether oxygens (including phenoxy) is 2. The van der Waals surface area contributed by atoms with Gasteiger partial charge in [-0.05, 0) is 51.2 Å². The van der Waals surface area contributed by atoms with E-state index >= 15 is 0 Å². The van der Waals surface area contributed by atoms with Crippen LogP contribution in [0.2, 0.25) is 0 Å². The number of unbranched alkanes of at least 4 members (excludes halogenated alkanes) is 15. The number of esters is 2. The zero-order valence-corrected chi connectivity index (χ0v) is 36.4. The van der Waals surface area contributed by atoms with Crippen LogP contribution in [-0.4, -0.2) is 70.0 Å². The Morgan fingerprint density at radius 1 is 0.607 bits per heavy atom. The van der Waals surface area contributed by atoms with Crippen molar-refractivity contribution in [3.05, 3.63) is 60.8 Å². The molecule has 0 saturated heterocycles. The number of rotatable bonds is 39. The Bertz CT molecular complexity index is 1480. The molecule has 0 aliphatic rings. The van der Waals surface area contributed by atoms with E-state index in [2.05, 4.69) is 6.92 Å². The molecule has 9 nitrogen and oxygen atoms in total. The minimum Gasteiger partial charge on any atom is -0.756 e. The molecule has 0 radical (unpaired) electrons. The molecule has 0 amide bonds. The van der Waals surface area contributed by atoms with E-state index in [1.807, 2.05) is 28.1 Å². The third-order valence-corrected chi connectivity index (χ3v) is 9.35. The molecule has 0 aliphatic heterocycles. The molecule has 0 heterocycles. The van der Waals surface area contributed by atoms with Gasteiger partial charge in [0.2, 0.25) is 0 Å². The second-order valence-electron chi connectivity index (χ2n) is 14.9. The first-order valence-corrected chi connectivity index (χ1v) is 22.5. The summed E-state index contributed by atoms with van der Waals surface area (Å²) < 4.78 is 98.2. The molecule has 10 heteroatoms. The quantitative estimate of drug-likeness (QED) is 0.0198. The van der Waals surface area contributed by atoms with Crippen LogP contribution in [-0.2, 0) is 32.7 Å². The van der Waals surface area contributed by atoms with E-state index in [-0.39, 0.29) is 32.3 Å². The molecule has 0 aliphatic carbocycles. The second kappa shape index (κ2) is 38.2. The summed E-state index contributed by atoms with van der Waals surface area (Å²) >= 11 is 0. The van der Waals surface area contributed by atoms with Gasteiger partial charge in [-0.2, -0.15) is 0 Å². The van der Waals surface area contributed by atoms with Crippen LogP contribution < -0.4 is 4.89 Å². The van der Waals surface area contributed by atoms with Crippen molar-refractivity contribution < 1.29 is 53.0 Å². The molecule has 324 valence electrons. The minimum absolute atomic E-state index is 0.120. The highest BCUT2D eigenvalue weighted by Gasteiger charge is 2.21. The Morgan fingerprint density at radius 3 is 1.54 bits per heavy atom. The van der Waals surface area contributed by atoms with Gasteiger partial charge in [0.1, 0.15) is 19.8 Å². The first-order chi connectivity index (χ1) is 29.8. The van der Waals surface area contributed by atoms with Gasteiger partial charge in [-0.3, -0.25) is 14.2 Å². The molecule has 0 N–H and O–H groups in total. The summed E-state index contributed by atoms with van der Waals surface area (Å²) in [7, 11) is 0.860. The third kappa shape index (κ3) is 41.3. The molecule has 2 atom stereocenters. The molecule has 0 bridgehead atoms. The fraction of sp³-hybridized carbons (Fsp3) is 0.739. The fourth-order valence-electron chi connectivity index (χ4n) is 5.11. The van der Waals surface area contributed by atoms with Gasteiger partial charge in [0.05, 0.1) is 27.7 Å². The minimum atomic E-state index is -4.76. The molecule has 0 spiro atoms. The van der Waals surface area contributed by atoms with Gasteiger partial charge in [0.15, 0.2) is 6.10 Å². The van der Waals surface area contributed by atoms with Gasteiger partial charge in [-0.15, -0.1) is 0 Å². The van der Waals surface area contributed by atoms with Crippen molar-refractivity contribution in [1.29, 1.82) is 0 Å². The number of hydrogen-bond donors (Lipinski definition) is 0. The topological polar surface area (TPSA) is 111 Å². The normalized spacial score (nSPS) is 17.3. The number of nitrogens with zero attached hydrogens (tertiary/aromatic N) is 1. The van der Waals surface area contributed by atoms with Crippen molar-refractivity contribution in [1.82, 2.24) is 0 Å². The first kappa shape index (κ1) is 40.5. The largest absolute Gasteiger partial charge is 0.756 e. The summed E-state index contributed by atoms with van der Waals surface area (Å²) in [6, 6.07) is 0. The van der Waals surface area contributed by atoms with Crippen LogP contribution in [0.4, 0.5) is 0 Å². The maximum absolute atomic E-state index is 12.8. The summed E-state index contributed by atoms with van der Waals surface area (Å²) in [5.74, 6) is -1.20. The summed E-state index contributed by atoms with van der Waals surface area (Å²) in [6.07, 6.45) is 21.1. The van der Waals surface area contributed by atoms with Crippen molar-refractivity contribution in [2.45, 2.75) is 174 Å². The summed E-state index contributed by atoms with van der Waals surface area (Å²) in [6.45, 7) is 3.32. The van der Waals surface area contributed by atoms with Gasteiger partial charge in [-0.25, -0.2) is 0 Å². The molecule has 1 unspecified atom stereocenters. The highest BCUT2D eigenvalue weighted by molar-refractivity contribution is 7.45. The average Bonchev–Trinajstić information content (AvgIpc) is 3.20. The van der Waals surface area contributed by atoms with E-state index < -0.39 is 64.6 Å². The highest BCUT2D eigenvalue weighted by atomic mass is 31.2. The van der Waals surface area contributed by atoms with Crippen molar-refractivity contribution in [2.24, 2.45) is 0 Å². The first-order valence-electron chi connectivity index (χ1n) is 25.0. The van der Waals surface area contributed by atoms with Crippen LogP contribution >= 0.6 is 7.82 Å². The SMILES string of the molecule is [2H]C([2H])(/C=C\CC)/C=C\C([2H])([2H])/C=C\C([2H])([2H])/C=C\C([2H])([2H])/C=C\CCCC(=O)O[C@H](COC(=O)CCCCCCCCCCCCCCCCC)COP(=O)([O-])OCC[N+](C)(C)C. The zero-order chi connectivity index (χ0) is 48.6. The van der Waals surface area contributed by atoms with Crippen molar-refractivity contribution >= 4 is 19.8 Å². The van der Waals surface area contributed by atoms with Crippen LogP contribution in [0.25, 0.3) is 0 Å². The predicted molar refractivity (Wildman–Crippen MR) is 231 cm³/mol. The van der Waals surface area contributed by atoms with Gasteiger partial charge >= 0.3 is 11.9 Å². The third-order valence-electron chi connectivity index (χ3n) is 8.39. The molecular weight excluding hydrogens is 725 g/mol. The smallest absolute Gasteiger partial charge is 0.306 e. The monoisotopic (exact) mass is 816 g/mol. The summed E-state index contributed by atoms with van der Waals surface area (Å²) in [4.78, 5) is 37.7. The number of carbonyl (C=O) groups is 2. The number of likely N-dealkylation sites (N-methyl/N-ethyl adjacent to an activating group) is 1. The standard InChI is InChI=1S/C46H82NO8P/c1-6-8-10-12-14-16-18-20-22-23-25-27-29-31-33-35-37-39-46(49)55-44(43-54-56(50,51)53-41-40-47(3,4)5)42-52-45(48)38-36-34-32-30-28-26-24-21-19-17-15-13-11-9-7-2/h8,10,14,16,20,22,25,27,31,33,44H,6-7,9,11-13,15,17-19,21,23-24,26,28-30,32,34-43H2,1-5H3/b10-8-,16-14-,22-20-,27-25-,33-31-/t44-/m1/s1/i12D2,18D2,23D2,29D2.